The first-order valence-corrected chi connectivity index (χ1v) is 8.00. The van der Waals surface area contributed by atoms with Gasteiger partial charge in [-0.3, -0.25) is 0 Å². The molecule has 0 amide bonds. The van der Waals surface area contributed by atoms with Crippen LogP contribution in [0.25, 0.3) is 16.8 Å². The van der Waals surface area contributed by atoms with Gasteiger partial charge in [-0.15, -0.1) is 0 Å². The van der Waals surface area contributed by atoms with Crippen LogP contribution in [0.4, 0.5) is 0 Å². The van der Waals surface area contributed by atoms with Gasteiger partial charge in [0, 0.05) is 41.0 Å². The number of carbonyl (C=O) groups excluding carboxylic acids is 1. The van der Waals surface area contributed by atoms with E-state index in [4.69, 9.17) is 18.9 Å². The van der Waals surface area contributed by atoms with Gasteiger partial charge in [-0.05, 0) is 13.0 Å². The second-order valence-electron chi connectivity index (χ2n) is 5.55. The van der Waals surface area contributed by atoms with E-state index in [1.807, 2.05) is 31.2 Å². The molecule has 5 heteroatoms. The van der Waals surface area contributed by atoms with E-state index >= 15 is 0 Å². The zero-order valence-electron chi connectivity index (χ0n) is 15.3. The first kappa shape index (κ1) is 18.8. The lowest BCUT2D eigenvalue weighted by Gasteiger charge is -2.18. The van der Waals surface area contributed by atoms with Gasteiger partial charge in [-0.2, -0.15) is 0 Å². The maximum atomic E-state index is 12.1. The molecule has 0 saturated heterocycles. The molecule has 0 aliphatic heterocycles. The Hall–Kier alpha value is -2.53. The van der Waals surface area contributed by atoms with Crippen molar-refractivity contribution in [1.29, 1.82) is 0 Å². The van der Waals surface area contributed by atoms with Gasteiger partial charge in [0.2, 0.25) is 0 Å². The van der Waals surface area contributed by atoms with Gasteiger partial charge in [0.15, 0.2) is 0 Å². The molecule has 134 valence electrons. The van der Waals surface area contributed by atoms with E-state index in [0.29, 0.717) is 24.4 Å². The lowest BCUT2D eigenvalue weighted by Crippen LogP contribution is -2.08. The highest BCUT2D eigenvalue weighted by Crippen LogP contribution is 2.41. The number of ether oxygens (including phenoxy) is 4. The fraction of sp³-hybridized carbons (Fsp3) is 0.350. The molecule has 0 unspecified atom stereocenters. The van der Waals surface area contributed by atoms with E-state index in [9.17, 15) is 4.79 Å². The molecule has 0 bridgehead atoms. The molecular weight excluding hydrogens is 320 g/mol. The molecule has 2 rings (SSSR count). The average Bonchev–Trinajstić information content (AvgIpc) is 2.64. The van der Waals surface area contributed by atoms with E-state index in [2.05, 4.69) is 0 Å². The summed E-state index contributed by atoms with van der Waals surface area (Å²) in [4.78, 5) is 12.1. The molecule has 2 aromatic carbocycles. The van der Waals surface area contributed by atoms with Crippen LogP contribution in [-0.4, -0.2) is 41.0 Å². The third-order valence-electron chi connectivity index (χ3n) is 4.16. The SMILES string of the molecule is COCC/C(=C\c1c(C)c(OC)c2ccccc2c1OC)C(=O)OC. The molecule has 0 saturated carbocycles. The number of rotatable bonds is 7. The highest BCUT2D eigenvalue weighted by molar-refractivity contribution is 6.01. The van der Waals surface area contributed by atoms with E-state index in [1.165, 1.54) is 7.11 Å². The van der Waals surface area contributed by atoms with Crippen LogP contribution in [0.1, 0.15) is 17.5 Å². The Kier molecular flexibility index (Phi) is 6.42. The molecule has 0 aromatic heterocycles. The lowest BCUT2D eigenvalue weighted by molar-refractivity contribution is -0.136. The number of fused-ring (bicyclic) bond motifs is 1. The summed E-state index contributed by atoms with van der Waals surface area (Å²) in [6.07, 6.45) is 2.24. The Bertz CT molecular complexity index is 792. The van der Waals surface area contributed by atoms with Crippen molar-refractivity contribution < 1.29 is 23.7 Å². The highest BCUT2D eigenvalue weighted by Gasteiger charge is 2.19. The fourth-order valence-electron chi connectivity index (χ4n) is 2.93. The molecule has 25 heavy (non-hydrogen) atoms. The zero-order chi connectivity index (χ0) is 18.4. The molecule has 0 radical (unpaired) electrons. The molecule has 2 aromatic rings. The van der Waals surface area contributed by atoms with Crippen molar-refractivity contribution in [1.82, 2.24) is 0 Å². The van der Waals surface area contributed by atoms with Crippen molar-refractivity contribution in [2.45, 2.75) is 13.3 Å². The Balaban J connectivity index is 2.76. The van der Waals surface area contributed by atoms with Crippen molar-refractivity contribution in [2.75, 3.05) is 35.0 Å². The second-order valence-corrected chi connectivity index (χ2v) is 5.55. The van der Waals surface area contributed by atoms with Gasteiger partial charge in [0.1, 0.15) is 11.5 Å². The average molecular weight is 344 g/mol. The predicted octanol–water partition coefficient (Wildman–Crippen LogP) is 3.76. The minimum atomic E-state index is -0.384. The van der Waals surface area contributed by atoms with Crippen LogP contribution in [-0.2, 0) is 14.3 Å². The Morgan fingerprint density at radius 3 is 2.12 bits per heavy atom. The zero-order valence-corrected chi connectivity index (χ0v) is 15.3. The van der Waals surface area contributed by atoms with Crippen LogP contribution in [0.2, 0.25) is 0 Å². The van der Waals surface area contributed by atoms with Gasteiger partial charge >= 0.3 is 5.97 Å². The third kappa shape index (κ3) is 3.77. The molecule has 0 fully saturated rings. The van der Waals surface area contributed by atoms with Crippen LogP contribution in [0.3, 0.4) is 0 Å². The van der Waals surface area contributed by atoms with Crippen molar-refractivity contribution in [3.8, 4) is 11.5 Å². The maximum Gasteiger partial charge on any atom is 0.333 e. The highest BCUT2D eigenvalue weighted by atomic mass is 16.5. The quantitative estimate of drug-likeness (QED) is 0.565. The maximum absolute atomic E-state index is 12.1. The van der Waals surface area contributed by atoms with Gasteiger partial charge in [0.25, 0.3) is 0 Å². The van der Waals surface area contributed by atoms with Crippen LogP contribution >= 0.6 is 0 Å². The summed E-state index contributed by atoms with van der Waals surface area (Å²) in [7, 11) is 6.23. The van der Waals surface area contributed by atoms with Crippen LogP contribution < -0.4 is 9.47 Å². The molecular formula is C20H24O5. The molecule has 0 spiro atoms. The number of carbonyl (C=O) groups is 1. The third-order valence-corrected chi connectivity index (χ3v) is 4.16. The van der Waals surface area contributed by atoms with E-state index < -0.39 is 0 Å². The Morgan fingerprint density at radius 2 is 1.60 bits per heavy atom. The summed E-state index contributed by atoms with van der Waals surface area (Å²) < 4.78 is 21.3. The number of benzene rings is 2. The van der Waals surface area contributed by atoms with Crippen molar-refractivity contribution in [3.05, 3.63) is 41.0 Å². The van der Waals surface area contributed by atoms with Gasteiger partial charge in [-0.25, -0.2) is 4.79 Å². The molecule has 0 atom stereocenters. The molecule has 0 aliphatic rings. The monoisotopic (exact) mass is 344 g/mol. The summed E-state index contributed by atoms with van der Waals surface area (Å²) >= 11 is 0. The number of hydrogen-bond acceptors (Lipinski definition) is 5. The summed E-state index contributed by atoms with van der Waals surface area (Å²) in [5.41, 5.74) is 2.22. The summed E-state index contributed by atoms with van der Waals surface area (Å²) in [6, 6.07) is 7.86. The minimum absolute atomic E-state index is 0.384. The topological polar surface area (TPSA) is 54.0 Å². The second kappa shape index (κ2) is 8.53. The smallest absolute Gasteiger partial charge is 0.333 e. The Morgan fingerprint density at radius 1 is 1.00 bits per heavy atom. The first-order chi connectivity index (χ1) is 12.1. The molecule has 0 aliphatic carbocycles. The van der Waals surface area contributed by atoms with Gasteiger partial charge < -0.3 is 18.9 Å². The van der Waals surface area contributed by atoms with Crippen molar-refractivity contribution in [2.24, 2.45) is 0 Å². The van der Waals surface area contributed by atoms with E-state index in [1.54, 1.807) is 27.4 Å². The summed E-state index contributed by atoms with van der Waals surface area (Å²) in [5.74, 6) is 1.08. The van der Waals surface area contributed by atoms with Crippen LogP contribution in [0, 0.1) is 6.92 Å². The summed E-state index contributed by atoms with van der Waals surface area (Å²) in [6.45, 7) is 2.37. The van der Waals surface area contributed by atoms with E-state index in [0.717, 1.165) is 27.6 Å². The standard InChI is InChI=1S/C20H24O5/c1-13-17(12-14(10-11-22-2)20(21)25-5)19(24-4)16-9-7-6-8-15(16)18(13)23-3/h6-9,12H,10-11H2,1-5H3/b14-12+. The van der Waals surface area contributed by atoms with Crippen molar-refractivity contribution >= 4 is 22.8 Å². The molecule has 0 heterocycles. The van der Waals surface area contributed by atoms with Crippen molar-refractivity contribution in [3.63, 3.8) is 0 Å². The summed E-state index contributed by atoms with van der Waals surface area (Å²) in [5, 5.41) is 1.89. The molecule has 5 nitrogen and oxygen atoms in total. The van der Waals surface area contributed by atoms with E-state index in [-0.39, 0.29) is 5.97 Å². The fourth-order valence-corrected chi connectivity index (χ4v) is 2.93. The van der Waals surface area contributed by atoms with Gasteiger partial charge in [0.05, 0.1) is 27.9 Å². The lowest BCUT2D eigenvalue weighted by atomic mass is 9.96. The normalized spacial score (nSPS) is 11.5. The van der Waals surface area contributed by atoms with Crippen LogP contribution in [0.5, 0.6) is 11.5 Å². The molecule has 0 N–H and O–H groups in total. The van der Waals surface area contributed by atoms with Gasteiger partial charge in [-0.1, -0.05) is 24.3 Å². The number of esters is 1. The largest absolute Gasteiger partial charge is 0.496 e. The number of methoxy groups -OCH3 is 4. The Labute approximate surface area is 148 Å². The predicted molar refractivity (Wildman–Crippen MR) is 98.3 cm³/mol. The first-order valence-electron chi connectivity index (χ1n) is 8.00. The van der Waals surface area contributed by atoms with Crippen LogP contribution in [0.15, 0.2) is 29.8 Å². The minimum Gasteiger partial charge on any atom is -0.496 e. The number of hydrogen-bond donors (Lipinski definition) is 0.